The lowest BCUT2D eigenvalue weighted by Crippen LogP contribution is -2.47. The highest BCUT2D eigenvalue weighted by Crippen LogP contribution is 2.34. The van der Waals surface area contributed by atoms with Gasteiger partial charge in [0, 0.05) is 24.8 Å². The van der Waals surface area contributed by atoms with Crippen LogP contribution >= 0.6 is 0 Å². The average Bonchev–Trinajstić information content (AvgIpc) is 2.94. The van der Waals surface area contributed by atoms with Crippen molar-refractivity contribution in [1.82, 2.24) is 9.88 Å². The van der Waals surface area contributed by atoms with Crippen molar-refractivity contribution in [2.24, 2.45) is 5.41 Å². The number of nitrogens with one attached hydrogen (secondary N) is 1. The Kier molecular flexibility index (Phi) is 3.72. The van der Waals surface area contributed by atoms with E-state index in [1.54, 1.807) is 0 Å². The number of aromatic amines is 1. The summed E-state index contributed by atoms with van der Waals surface area (Å²) in [7, 11) is 0. The minimum absolute atomic E-state index is 0.559. The van der Waals surface area contributed by atoms with Crippen LogP contribution in [0.5, 0.6) is 0 Å². The van der Waals surface area contributed by atoms with Crippen LogP contribution in [-0.4, -0.2) is 34.0 Å². The van der Waals surface area contributed by atoms with Crippen molar-refractivity contribution in [3.05, 3.63) is 36.0 Å². The van der Waals surface area contributed by atoms with Gasteiger partial charge < -0.3 is 10.1 Å². The number of carbonyl (C=O) groups is 1. The number of carboxylic acids is 1. The zero-order valence-corrected chi connectivity index (χ0v) is 12.4. The average molecular weight is 286 g/mol. The molecule has 21 heavy (non-hydrogen) atoms. The third-order valence-electron chi connectivity index (χ3n) is 4.81. The molecule has 0 unspecified atom stereocenters. The van der Waals surface area contributed by atoms with E-state index in [0.29, 0.717) is 13.0 Å². The molecule has 3 rings (SSSR count). The first-order chi connectivity index (χ1) is 10.1. The lowest BCUT2D eigenvalue weighted by molar-refractivity contribution is -0.153. The minimum Gasteiger partial charge on any atom is -0.481 e. The lowest BCUT2D eigenvalue weighted by atomic mass is 9.77. The fourth-order valence-corrected chi connectivity index (χ4v) is 3.44. The summed E-state index contributed by atoms with van der Waals surface area (Å²) in [6.07, 6.45) is 4.41. The molecule has 1 saturated heterocycles. The van der Waals surface area contributed by atoms with E-state index in [1.165, 1.54) is 10.9 Å². The second-order valence-corrected chi connectivity index (χ2v) is 6.15. The summed E-state index contributed by atoms with van der Waals surface area (Å²) >= 11 is 0. The van der Waals surface area contributed by atoms with Crippen LogP contribution < -0.4 is 0 Å². The molecule has 0 aliphatic carbocycles. The second-order valence-electron chi connectivity index (χ2n) is 6.15. The summed E-state index contributed by atoms with van der Waals surface area (Å²) < 4.78 is 0. The molecule has 112 valence electrons. The molecule has 0 amide bonds. The van der Waals surface area contributed by atoms with Crippen LogP contribution in [0.25, 0.3) is 10.9 Å². The molecule has 1 aliphatic heterocycles. The molecule has 1 atom stereocenters. The molecule has 2 heterocycles. The second kappa shape index (κ2) is 5.53. The van der Waals surface area contributed by atoms with Crippen molar-refractivity contribution < 1.29 is 9.90 Å². The van der Waals surface area contributed by atoms with Crippen molar-refractivity contribution in [2.45, 2.75) is 32.7 Å². The number of carboxylic acid groups (broad SMARTS) is 1. The number of aromatic nitrogens is 1. The van der Waals surface area contributed by atoms with E-state index in [1.807, 2.05) is 13.1 Å². The molecule has 0 radical (unpaired) electrons. The summed E-state index contributed by atoms with van der Waals surface area (Å²) in [5, 5.41) is 10.8. The molecule has 1 aromatic carbocycles. The van der Waals surface area contributed by atoms with Gasteiger partial charge in [-0.2, -0.15) is 0 Å². The maximum Gasteiger partial charge on any atom is 0.310 e. The van der Waals surface area contributed by atoms with Gasteiger partial charge in [0.05, 0.1) is 5.41 Å². The van der Waals surface area contributed by atoms with E-state index in [4.69, 9.17) is 0 Å². The van der Waals surface area contributed by atoms with E-state index >= 15 is 0 Å². The van der Waals surface area contributed by atoms with Crippen molar-refractivity contribution in [1.29, 1.82) is 0 Å². The van der Waals surface area contributed by atoms with E-state index in [9.17, 15) is 9.90 Å². The topological polar surface area (TPSA) is 56.3 Å². The summed E-state index contributed by atoms with van der Waals surface area (Å²) in [4.78, 5) is 17.1. The molecule has 2 aromatic rings. The Hall–Kier alpha value is -1.81. The monoisotopic (exact) mass is 286 g/mol. The first-order valence-electron chi connectivity index (χ1n) is 7.65. The highest BCUT2D eigenvalue weighted by molar-refractivity contribution is 5.79. The van der Waals surface area contributed by atoms with E-state index in [0.717, 1.165) is 31.4 Å². The maximum absolute atomic E-state index is 11.6. The molecular formula is C17H22N2O2. The van der Waals surface area contributed by atoms with Gasteiger partial charge in [0.25, 0.3) is 0 Å². The molecule has 4 heteroatoms. The lowest BCUT2D eigenvalue weighted by Gasteiger charge is -2.39. The Morgan fingerprint density at radius 2 is 2.29 bits per heavy atom. The zero-order chi connectivity index (χ0) is 14.9. The number of rotatable bonds is 4. The molecular weight excluding hydrogens is 264 g/mol. The number of nitrogens with zero attached hydrogens (tertiary/aromatic N) is 1. The molecule has 0 bridgehead atoms. The Morgan fingerprint density at radius 1 is 1.43 bits per heavy atom. The van der Waals surface area contributed by atoms with Crippen LogP contribution in [0.3, 0.4) is 0 Å². The number of H-pyrrole nitrogens is 1. The standard InChI is InChI=1S/C17H22N2O2/c1-2-17(16(20)21)7-3-9-19(12-17)11-13-4-5-15-14(10-13)6-8-18-15/h4-6,8,10,18H,2-3,7,9,11-12H2,1H3,(H,20,21)/t17-/m1/s1. The van der Waals surface area contributed by atoms with E-state index < -0.39 is 11.4 Å². The first-order valence-corrected chi connectivity index (χ1v) is 7.65. The van der Waals surface area contributed by atoms with Crippen LogP contribution in [-0.2, 0) is 11.3 Å². The maximum atomic E-state index is 11.6. The number of likely N-dealkylation sites (tertiary alicyclic amines) is 1. The van der Waals surface area contributed by atoms with E-state index in [-0.39, 0.29) is 0 Å². The van der Waals surface area contributed by atoms with Gasteiger partial charge in [-0.3, -0.25) is 9.69 Å². The van der Waals surface area contributed by atoms with Gasteiger partial charge in [-0.15, -0.1) is 0 Å². The van der Waals surface area contributed by atoms with Crippen LogP contribution in [0, 0.1) is 5.41 Å². The van der Waals surface area contributed by atoms with Gasteiger partial charge in [0.15, 0.2) is 0 Å². The quantitative estimate of drug-likeness (QED) is 0.907. The fraction of sp³-hybridized carbons (Fsp3) is 0.471. The molecule has 0 spiro atoms. The molecule has 2 N–H and O–H groups in total. The van der Waals surface area contributed by atoms with Crippen LogP contribution in [0.4, 0.5) is 0 Å². The number of aliphatic carboxylic acids is 1. The van der Waals surface area contributed by atoms with Crippen molar-refractivity contribution in [3.8, 4) is 0 Å². The molecule has 4 nitrogen and oxygen atoms in total. The normalized spacial score (nSPS) is 23.5. The van der Waals surface area contributed by atoms with Gasteiger partial charge in [0.2, 0.25) is 0 Å². The smallest absolute Gasteiger partial charge is 0.310 e. The van der Waals surface area contributed by atoms with Gasteiger partial charge in [-0.25, -0.2) is 0 Å². The minimum atomic E-state index is -0.643. The van der Waals surface area contributed by atoms with Gasteiger partial charge in [-0.1, -0.05) is 13.0 Å². The van der Waals surface area contributed by atoms with Gasteiger partial charge in [-0.05, 0) is 55.0 Å². The van der Waals surface area contributed by atoms with Crippen molar-refractivity contribution in [2.75, 3.05) is 13.1 Å². The number of hydrogen-bond donors (Lipinski definition) is 2. The van der Waals surface area contributed by atoms with Crippen LogP contribution in [0.2, 0.25) is 0 Å². The summed E-state index contributed by atoms with van der Waals surface area (Å²) in [6.45, 7) is 4.46. The fourth-order valence-electron chi connectivity index (χ4n) is 3.44. The highest BCUT2D eigenvalue weighted by atomic mass is 16.4. The Balaban J connectivity index is 1.76. The Labute approximate surface area is 124 Å². The third-order valence-corrected chi connectivity index (χ3v) is 4.81. The zero-order valence-electron chi connectivity index (χ0n) is 12.4. The summed E-state index contributed by atoms with van der Waals surface area (Å²) in [6, 6.07) is 8.48. The SMILES string of the molecule is CC[C@@]1(C(=O)O)CCCN(Cc2ccc3[nH]ccc3c2)C1. The Morgan fingerprint density at radius 3 is 3.05 bits per heavy atom. The number of benzene rings is 1. The Bertz CT molecular complexity index is 649. The van der Waals surface area contributed by atoms with Crippen molar-refractivity contribution >= 4 is 16.9 Å². The summed E-state index contributed by atoms with van der Waals surface area (Å²) in [5.41, 5.74) is 1.83. The number of hydrogen-bond acceptors (Lipinski definition) is 2. The first kappa shape index (κ1) is 14.1. The molecule has 1 aromatic heterocycles. The van der Waals surface area contributed by atoms with Crippen LogP contribution in [0.1, 0.15) is 31.7 Å². The largest absolute Gasteiger partial charge is 0.481 e. The van der Waals surface area contributed by atoms with Crippen LogP contribution in [0.15, 0.2) is 30.5 Å². The van der Waals surface area contributed by atoms with Gasteiger partial charge in [0.1, 0.15) is 0 Å². The predicted molar refractivity (Wildman–Crippen MR) is 83.2 cm³/mol. The third kappa shape index (κ3) is 2.68. The van der Waals surface area contributed by atoms with E-state index in [2.05, 4.69) is 34.1 Å². The molecule has 1 aliphatic rings. The number of fused-ring (bicyclic) bond motifs is 1. The summed E-state index contributed by atoms with van der Waals surface area (Å²) in [5.74, 6) is -0.643. The predicted octanol–water partition coefficient (Wildman–Crippen LogP) is 3.24. The molecule has 0 saturated carbocycles. The number of piperidine rings is 1. The molecule has 1 fully saturated rings. The van der Waals surface area contributed by atoms with Gasteiger partial charge >= 0.3 is 5.97 Å². The highest BCUT2D eigenvalue weighted by Gasteiger charge is 2.40. The van der Waals surface area contributed by atoms with Crippen molar-refractivity contribution in [3.63, 3.8) is 0 Å².